The van der Waals surface area contributed by atoms with Gasteiger partial charge >= 0.3 is 0 Å². The largest absolute Gasteiger partial charge is 0.493 e. The standard InChI is InChI=1S/C29H21ClN4O4/c1-3-6-19-13-18(14-25(36-2)27(19)37-12-11-31)17-32-34-28(33-23-8-5-4-7-22(23)29(34)35)26-16-20-15-21(30)9-10-24(20)38-26/h3-5,7-10,13-17H,1,6,12H2,2H3. The van der Waals surface area contributed by atoms with Gasteiger partial charge in [-0.2, -0.15) is 15.0 Å². The van der Waals surface area contributed by atoms with Crippen molar-refractivity contribution in [1.29, 1.82) is 5.26 Å². The normalized spacial score (nSPS) is 11.2. The molecule has 0 aliphatic heterocycles. The molecule has 0 spiro atoms. The second kappa shape index (κ2) is 10.6. The molecular weight excluding hydrogens is 504 g/mol. The van der Waals surface area contributed by atoms with Gasteiger partial charge in [0.05, 0.1) is 24.2 Å². The Kier molecular flexibility index (Phi) is 6.94. The number of hydrogen-bond acceptors (Lipinski definition) is 7. The number of furan rings is 1. The van der Waals surface area contributed by atoms with Crippen LogP contribution in [0, 0.1) is 11.3 Å². The Hall–Kier alpha value is -4.87. The Morgan fingerprint density at radius 2 is 2.05 bits per heavy atom. The summed E-state index contributed by atoms with van der Waals surface area (Å²) in [5.74, 6) is 1.49. The van der Waals surface area contributed by atoms with E-state index in [-0.39, 0.29) is 18.0 Å². The Morgan fingerprint density at radius 1 is 1.21 bits per heavy atom. The molecule has 0 saturated carbocycles. The van der Waals surface area contributed by atoms with Crippen LogP contribution >= 0.6 is 11.6 Å². The molecule has 2 heterocycles. The smallest absolute Gasteiger partial charge is 0.282 e. The van der Waals surface area contributed by atoms with Gasteiger partial charge in [0, 0.05) is 16.0 Å². The molecule has 3 aromatic carbocycles. The van der Waals surface area contributed by atoms with Crippen molar-refractivity contribution in [3.05, 3.63) is 99.8 Å². The molecule has 38 heavy (non-hydrogen) atoms. The number of fused-ring (bicyclic) bond motifs is 2. The zero-order chi connectivity index (χ0) is 26.6. The minimum atomic E-state index is -0.354. The van der Waals surface area contributed by atoms with Crippen LogP contribution in [-0.2, 0) is 6.42 Å². The number of ether oxygens (including phenoxy) is 2. The summed E-state index contributed by atoms with van der Waals surface area (Å²) in [6.07, 6.45) is 3.73. The number of rotatable bonds is 8. The van der Waals surface area contributed by atoms with Crippen LogP contribution in [0.2, 0.25) is 5.02 Å². The van der Waals surface area contributed by atoms with Crippen LogP contribution in [0.3, 0.4) is 0 Å². The molecule has 0 bridgehead atoms. The maximum absolute atomic E-state index is 13.5. The van der Waals surface area contributed by atoms with Crippen LogP contribution in [0.1, 0.15) is 11.1 Å². The zero-order valence-corrected chi connectivity index (χ0v) is 21.1. The van der Waals surface area contributed by atoms with Crippen molar-refractivity contribution >= 4 is 39.7 Å². The molecule has 0 atom stereocenters. The number of aromatic nitrogens is 2. The van der Waals surface area contributed by atoms with E-state index in [1.165, 1.54) is 18.0 Å². The molecule has 0 saturated heterocycles. The van der Waals surface area contributed by atoms with E-state index in [2.05, 4.69) is 11.7 Å². The first kappa shape index (κ1) is 24.8. The lowest BCUT2D eigenvalue weighted by atomic mass is 10.1. The van der Waals surface area contributed by atoms with E-state index in [9.17, 15) is 4.79 Å². The summed E-state index contributed by atoms with van der Waals surface area (Å²) in [5.41, 5.74) is 2.17. The highest BCUT2D eigenvalue weighted by molar-refractivity contribution is 6.31. The summed E-state index contributed by atoms with van der Waals surface area (Å²) >= 11 is 6.15. The highest BCUT2D eigenvalue weighted by Gasteiger charge is 2.17. The summed E-state index contributed by atoms with van der Waals surface area (Å²) in [6, 6.07) is 19.6. The molecule has 8 nitrogen and oxygen atoms in total. The average Bonchev–Trinajstić information content (AvgIpc) is 3.35. The number of halogens is 1. The van der Waals surface area contributed by atoms with Gasteiger partial charge in [0.15, 0.2) is 23.9 Å². The maximum Gasteiger partial charge on any atom is 0.282 e. The first-order chi connectivity index (χ1) is 18.5. The predicted octanol–water partition coefficient (Wildman–Crippen LogP) is 5.98. The van der Waals surface area contributed by atoms with Gasteiger partial charge in [0.2, 0.25) is 5.82 Å². The van der Waals surface area contributed by atoms with Crippen molar-refractivity contribution in [1.82, 2.24) is 9.66 Å². The van der Waals surface area contributed by atoms with Crippen molar-refractivity contribution in [3.63, 3.8) is 0 Å². The molecule has 188 valence electrons. The molecule has 0 radical (unpaired) electrons. The highest BCUT2D eigenvalue weighted by atomic mass is 35.5. The fourth-order valence-electron chi connectivity index (χ4n) is 4.12. The molecule has 0 amide bonds. The fourth-order valence-corrected chi connectivity index (χ4v) is 4.30. The average molecular weight is 525 g/mol. The van der Waals surface area contributed by atoms with E-state index in [1.54, 1.807) is 54.6 Å². The third-order valence-corrected chi connectivity index (χ3v) is 6.03. The molecular formula is C29H21ClN4O4. The van der Waals surface area contributed by atoms with Crippen LogP contribution in [0.4, 0.5) is 0 Å². The van der Waals surface area contributed by atoms with E-state index in [1.807, 2.05) is 18.2 Å². The summed E-state index contributed by atoms with van der Waals surface area (Å²) in [5, 5.41) is 15.2. The van der Waals surface area contributed by atoms with Crippen molar-refractivity contribution in [2.24, 2.45) is 5.10 Å². The Balaban J connectivity index is 1.67. The first-order valence-corrected chi connectivity index (χ1v) is 12.0. The highest BCUT2D eigenvalue weighted by Crippen LogP contribution is 2.33. The third-order valence-electron chi connectivity index (χ3n) is 5.79. The van der Waals surface area contributed by atoms with Gasteiger partial charge in [-0.15, -0.1) is 6.58 Å². The summed E-state index contributed by atoms with van der Waals surface area (Å²) in [6.45, 7) is 3.67. The lowest BCUT2D eigenvalue weighted by Gasteiger charge is -2.14. The monoisotopic (exact) mass is 524 g/mol. The van der Waals surface area contributed by atoms with Crippen molar-refractivity contribution < 1.29 is 13.9 Å². The van der Waals surface area contributed by atoms with E-state index in [0.717, 1.165) is 10.9 Å². The predicted molar refractivity (Wildman–Crippen MR) is 147 cm³/mol. The number of benzene rings is 3. The van der Waals surface area contributed by atoms with E-state index >= 15 is 0 Å². The first-order valence-electron chi connectivity index (χ1n) is 11.6. The Morgan fingerprint density at radius 3 is 2.84 bits per heavy atom. The summed E-state index contributed by atoms with van der Waals surface area (Å²) < 4.78 is 18.3. The zero-order valence-electron chi connectivity index (χ0n) is 20.3. The molecule has 0 aliphatic carbocycles. The number of hydrogen-bond donors (Lipinski definition) is 0. The van der Waals surface area contributed by atoms with Gasteiger partial charge in [-0.1, -0.05) is 29.8 Å². The molecule has 0 aliphatic rings. The minimum Gasteiger partial charge on any atom is -0.493 e. The third kappa shape index (κ3) is 4.75. The number of para-hydroxylation sites is 1. The number of methoxy groups -OCH3 is 1. The van der Waals surface area contributed by atoms with Gasteiger partial charge in [0.1, 0.15) is 11.7 Å². The van der Waals surface area contributed by atoms with Gasteiger partial charge in [-0.25, -0.2) is 4.98 Å². The molecule has 0 fully saturated rings. The quantitative estimate of drug-likeness (QED) is 0.182. The van der Waals surface area contributed by atoms with Gasteiger partial charge in [0.25, 0.3) is 5.56 Å². The Labute approximate surface area is 222 Å². The van der Waals surface area contributed by atoms with Gasteiger partial charge < -0.3 is 13.9 Å². The summed E-state index contributed by atoms with van der Waals surface area (Å²) in [4.78, 5) is 18.2. The van der Waals surface area contributed by atoms with Crippen molar-refractivity contribution in [2.45, 2.75) is 6.42 Å². The van der Waals surface area contributed by atoms with E-state index in [0.29, 0.717) is 50.8 Å². The Bertz CT molecular complexity index is 1810. The fraction of sp³-hybridized carbons (Fsp3) is 0.103. The molecule has 5 aromatic rings. The van der Waals surface area contributed by atoms with E-state index in [4.69, 9.17) is 35.7 Å². The number of nitrogens with zero attached hydrogens (tertiary/aromatic N) is 4. The van der Waals surface area contributed by atoms with Gasteiger partial charge in [-0.3, -0.25) is 4.79 Å². The lowest BCUT2D eigenvalue weighted by molar-refractivity contribution is 0.327. The van der Waals surface area contributed by atoms with Gasteiger partial charge in [-0.05, 0) is 60.5 Å². The molecule has 0 N–H and O–H groups in total. The van der Waals surface area contributed by atoms with Crippen LogP contribution in [-0.4, -0.2) is 29.6 Å². The lowest BCUT2D eigenvalue weighted by Crippen LogP contribution is -2.20. The minimum absolute atomic E-state index is 0.127. The molecule has 0 unspecified atom stereocenters. The topological polar surface area (TPSA) is 103 Å². The number of allylic oxidation sites excluding steroid dienone is 1. The summed E-state index contributed by atoms with van der Waals surface area (Å²) in [7, 11) is 1.51. The second-order valence-corrected chi connectivity index (χ2v) is 8.69. The van der Waals surface area contributed by atoms with Crippen LogP contribution in [0.25, 0.3) is 33.5 Å². The van der Waals surface area contributed by atoms with Crippen LogP contribution in [0.5, 0.6) is 11.5 Å². The van der Waals surface area contributed by atoms with Crippen LogP contribution in [0.15, 0.2) is 87.6 Å². The molecule has 5 rings (SSSR count). The number of nitriles is 1. The SMILES string of the molecule is C=CCc1cc(C=Nn2c(-c3cc4cc(Cl)ccc4o3)nc3ccccc3c2=O)cc(OC)c1OCC#N. The maximum atomic E-state index is 13.5. The molecule has 2 aromatic heterocycles. The van der Waals surface area contributed by atoms with Crippen molar-refractivity contribution in [3.8, 4) is 29.2 Å². The van der Waals surface area contributed by atoms with Crippen molar-refractivity contribution in [2.75, 3.05) is 13.7 Å². The second-order valence-electron chi connectivity index (χ2n) is 8.26. The van der Waals surface area contributed by atoms with Crippen LogP contribution < -0.4 is 15.0 Å². The molecule has 9 heteroatoms. The van der Waals surface area contributed by atoms with E-state index < -0.39 is 0 Å².